The van der Waals surface area contributed by atoms with Crippen molar-refractivity contribution in [1.29, 1.82) is 0 Å². The number of aromatic amines is 6. The predicted octanol–water partition coefficient (Wildman–Crippen LogP) is 29.5. The molecule has 29 heteroatoms. The zero-order valence-electron chi connectivity index (χ0n) is 74.9. The number of ether oxygens (including phenoxy) is 1. The van der Waals surface area contributed by atoms with Gasteiger partial charge in [0.2, 0.25) is 0 Å². The number of urea groups is 1. The van der Waals surface area contributed by atoms with Gasteiger partial charge in [-0.05, 0) is 302 Å². The van der Waals surface area contributed by atoms with Crippen molar-refractivity contribution in [3.63, 3.8) is 0 Å². The Morgan fingerprint density at radius 2 is 0.739 bits per heavy atom. The largest absolute Gasteiger partial charge is 0.450 e. The third-order valence-electron chi connectivity index (χ3n) is 26.2. The molecule has 18 aromatic rings. The van der Waals surface area contributed by atoms with Gasteiger partial charge in [0.15, 0.2) is 11.6 Å². The molecule has 12 heterocycles. The normalized spacial score (nSPS) is 17.4. The number of H-pyrrole nitrogens is 6. The van der Waals surface area contributed by atoms with Gasteiger partial charge in [0.05, 0.1) is 36.8 Å². The maximum Gasteiger partial charge on any atom is 0.410 e. The van der Waals surface area contributed by atoms with E-state index >= 15 is 0 Å². The van der Waals surface area contributed by atoms with E-state index in [0.29, 0.717) is 31.1 Å². The number of hydrogen-bond donors (Lipinski definition) is 11. The molecule has 6 unspecified atom stereocenters. The fraction of sp³-hybridized carbons (Fsp3) is 0.211. The Labute approximate surface area is 859 Å². The van der Waals surface area contributed by atoms with Crippen molar-refractivity contribution < 1.29 is 27.5 Å². The molecule has 0 fully saturated rings. The molecule has 138 heavy (non-hydrogen) atoms. The number of rotatable bonds is 8. The third-order valence-corrected chi connectivity index (χ3v) is 29.7. The molecule has 704 valence electrons. The number of halogens is 13. The molecule has 11 N–H and O–H groups in total. The lowest BCUT2D eigenvalue weighted by molar-refractivity contribution is 0.0932. The second-order valence-corrected chi connectivity index (χ2v) is 41.5. The van der Waals surface area contributed by atoms with Crippen LogP contribution in [0.15, 0.2) is 267 Å². The van der Waals surface area contributed by atoms with Crippen LogP contribution < -0.4 is 26.6 Å². The highest BCUT2D eigenvalue weighted by molar-refractivity contribution is 9.11. The summed E-state index contributed by atoms with van der Waals surface area (Å²) in [5, 5.41) is 28.7. The third kappa shape index (κ3) is 20.5. The molecule has 6 aromatic heterocycles. The molecule has 6 aliphatic heterocycles. The van der Waals surface area contributed by atoms with Crippen LogP contribution in [0, 0.1) is 17.5 Å². The zero-order valence-corrected chi connectivity index (χ0v) is 85.8. The van der Waals surface area contributed by atoms with Gasteiger partial charge in [-0.3, -0.25) is 4.90 Å². The second kappa shape index (κ2) is 42.2. The zero-order chi connectivity index (χ0) is 95.8. The molecule has 3 amide bonds. The first-order chi connectivity index (χ1) is 66.8. The standard InChI is InChI=1S/C21H21BrClN3O.C20H18BrFN2O2.C17H14BrClN2.C17H13BrF2N2.2C17H14Cl2N2/c1-12(2)24-21(27)26-9-8-16-17-11-14(22)6-7-18(17)25-19(16)20(26)13-4-3-5-15(23)10-13;1-2-26-20(25)24-10-9-15-16-11-14(22)7-8-17(16)23-18(15)19(24)12-3-5-13(21)6-4-12;18-11-3-1-2-10(8-11)16-17-13(6-7-20-16)14-9-12(19)4-5-15(14)21-17;18-10-2-4-15-12(8-10)11-5-6-21-16(17(11)22-15)9-1-3-13(19)14(20)7-9;18-11-3-1-2-10(8-11)16-17-13(6-7-20-16)14-9-12(19)4-5-15(14)21-17;18-10-5-6-15-13(9-10)11-7-8-20-16(17(11)21-15)12-3-1-2-4-14(12)19/h3-7,10-12,20,25H,8-9H2,1-2H3,(H,24,27);3-8,11,19,23H,2,9-10H2,1H3;1-5,8-9,16,20-21H,6-7H2;1-4,7-8,16,21-22H,5-6H2;1-5,8-9,16,20-21H,6-7H2;1-6,9,16,20-21H,7-8H2. The van der Waals surface area contributed by atoms with Gasteiger partial charge in [-0.2, -0.15) is 0 Å². The molecule has 0 aliphatic carbocycles. The molecule has 0 saturated heterocycles. The second-order valence-electron chi connectivity index (χ2n) is 35.2. The van der Waals surface area contributed by atoms with E-state index in [2.05, 4.69) is 187 Å². The average molecular weight is 2220 g/mol. The highest BCUT2D eigenvalue weighted by atomic mass is 79.9. The Kier molecular flexibility index (Phi) is 29.6. The maximum atomic E-state index is 13.8. The van der Waals surface area contributed by atoms with E-state index in [1.165, 1.54) is 101 Å². The number of carbonyl (C=O) groups excluding carboxylic acids is 2. The Morgan fingerprint density at radius 3 is 1.22 bits per heavy atom. The van der Waals surface area contributed by atoms with Crippen LogP contribution in [0.3, 0.4) is 0 Å². The van der Waals surface area contributed by atoms with E-state index in [4.69, 9.17) is 74.3 Å². The number of fused-ring (bicyclic) bond motifs is 18. The Bertz CT molecular complexity index is 7490. The molecular formula is C109H94Br4Cl6F3N13O3. The fourth-order valence-electron chi connectivity index (χ4n) is 20.2. The van der Waals surface area contributed by atoms with Crippen LogP contribution >= 0.6 is 133 Å². The fourth-order valence-corrected chi connectivity index (χ4v) is 22.7. The lowest BCUT2D eigenvalue weighted by Crippen LogP contribution is -2.47. The van der Waals surface area contributed by atoms with Crippen molar-refractivity contribution in [2.24, 2.45) is 0 Å². The summed E-state index contributed by atoms with van der Waals surface area (Å²) in [7, 11) is 0. The first-order valence-electron chi connectivity index (χ1n) is 45.8. The molecule has 6 aliphatic rings. The van der Waals surface area contributed by atoms with Crippen molar-refractivity contribution in [2.75, 3.05) is 45.9 Å². The summed E-state index contributed by atoms with van der Waals surface area (Å²) in [6, 6.07) is 79.3. The maximum absolute atomic E-state index is 13.8. The van der Waals surface area contributed by atoms with Crippen LogP contribution in [0.5, 0.6) is 0 Å². The minimum atomic E-state index is -0.819. The summed E-state index contributed by atoms with van der Waals surface area (Å²) in [6.45, 7) is 10.9. The summed E-state index contributed by atoms with van der Waals surface area (Å²) in [6.07, 6.45) is 5.07. The first kappa shape index (κ1) is 96.6. The quantitative estimate of drug-likeness (QED) is 0.0710. The van der Waals surface area contributed by atoms with Crippen LogP contribution in [0.4, 0.5) is 22.8 Å². The summed E-state index contributed by atoms with van der Waals surface area (Å²) >= 11 is 51.3. The van der Waals surface area contributed by atoms with E-state index in [0.717, 1.165) is 185 Å². The van der Waals surface area contributed by atoms with Crippen molar-refractivity contribution in [3.8, 4) is 0 Å². The van der Waals surface area contributed by atoms with Crippen LogP contribution in [0.2, 0.25) is 30.1 Å². The minimum absolute atomic E-state index is 0.0551. The van der Waals surface area contributed by atoms with Gasteiger partial charge in [-0.25, -0.2) is 22.8 Å². The van der Waals surface area contributed by atoms with E-state index in [-0.39, 0.29) is 60.2 Å². The van der Waals surface area contributed by atoms with Crippen LogP contribution in [-0.2, 0) is 43.3 Å². The Hall–Kier alpha value is -10.3. The number of aromatic nitrogens is 6. The molecule has 24 rings (SSSR count). The lowest BCUT2D eigenvalue weighted by Gasteiger charge is -2.36. The van der Waals surface area contributed by atoms with Gasteiger partial charge >= 0.3 is 12.1 Å². The van der Waals surface area contributed by atoms with Crippen LogP contribution in [0.1, 0.15) is 158 Å². The lowest BCUT2D eigenvalue weighted by atomic mass is 9.92. The molecule has 0 saturated carbocycles. The van der Waals surface area contributed by atoms with Crippen molar-refractivity contribution in [2.45, 2.75) is 102 Å². The smallest absolute Gasteiger partial charge is 0.410 e. The molecule has 0 bridgehead atoms. The molecule has 6 atom stereocenters. The SMILES string of the molecule is CC(C)NC(=O)N1CCc2c([nH]c3ccc(Br)cc23)C1c1cccc(Cl)c1.CCOC(=O)N1CCc2c([nH]c3ccc(F)cc23)C1c1ccc(Br)cc1.Clc1ccc2[nH]c3c(c2c1)CCNC3c1cccc(Br)c1.Clc1ccc2[nH]c3c(c2c1)CCNC3c1ccccc1Cl.Clc1cccc(C2NCCc3c2[nH]c2ccc(Cl)cc32)c1.Fc1ccc(C2NCCc3c2[nH]c2ccc(Br)cc32)cc1F. The van der Waals surface area contributed by atoms with Crippen molar-refractivity contribution >= 4 is 211 Å². The highest BCUT2D eigenvalue weighted by Gasteiger charge is 2.39. The number of nitrogens with zero attached hydrogens (tertiary/aromatic N) is 2. The molecular weight excluding hydrogens is 2130 g/mol. The van der Waals surface area contributed by atoms with Crippen molar-refractivity contribution in [3.05, 3.63) is 415 Å². The van der Waals surface area contributed by atoms with Crippen molar-refractivity contribution in [1.82, 2.24) is 66.3 Å². The first-order valence-corrected chi connectivity index (χ1v) is 51.2. The topological polar surface area (TPSA) is 205 Å². The Balaban J connectivity index is 0.000000106. The highest BCUT2D eigenvalue weighted by Crippen LogP contribution is 2.46. The number of hydrogen-bond acceptors (Lipinski definition) is 7. The van der Waals surface area contributed by atoms with Gasteiger partial charge < -0.3 is 66.1 Å². The average Bonchev–Trinajstić information content (AvgIpc) is 1.58. The molecule has 12 aromatic carbocycles. The number of nitrogens with one attached hydrogen (secondary N) is 11. The van der Waals surface area contributed by atoms with E-state index in [1.54, 1.807) is 30.0 Å². The minimum Gasteiger partial charge on any atom is -0.450 e. The van der Waals surface area contributed by atoms with Crippen LogP contribution in [0.25, 0.3) is 65.4 Å². The summed E-state index contributed by atoms with van der Waals surface area (Å²) < 4.78 is 49.9. The van der Waals surface area contributed by atoms with E-state index in [1.807, 2.05) is 164 Å². The van der Waals surface area contributed by atoms with Gasteiger partial charge in [0.1, 0.15) is 11.9 Å². The number of amides is 3. The van der Waals surface area contributed by atoms with E-state index in [9.17, 15) is 22.8 Å². The monoisotopic (exact) mass is 2220 g/mol. The van der Waals surface area contributed by atoms with Crippen LogP contribution in [-0.4, -0.2) is 104 Å². The van der Waals surface area contributed by atoms with Gasteiger partial charge in [-0.1, -0.05) is 206 Å². The summed E-state index contributed by atoms with van der Waals surface area (Å²) in [4.78, 5) is 50.2. The number of carbonyl (C=O) groups is 2. The van der Waals surface area contributed by atoms with Gasteiger partial charge in [0, 0.05) is 193 Å². The van der Waals surface area contributed by atoms with E-state index < -0.39 is 11.6 Å². The molecule has 0 spiro atoms. The van der Waals surface area contributed by atoms with Gasteiger partial charge in [0.25, 0.3) is 0 Å². The predicted molar refractivity (Wildman–Crippen MR) is 569 cm³/mol. The Morgan fingerprint density at radius 1 is 0.362 bits per heavy atom. The molecule has 16 nitrogen and oxygen atoms in total. The number of benzene rings is 12. The van der Waals surface area contributed by atoms with Gasteiger partial charge in [-0.15, -0.1) is 0 Å². The summed E-state index contributed by atoms with van der Waals surface area (Å²) in [5.74, 6) is -1.89. The molecule has 0 radical (unpaired) electrons. The summed E-state index contributed by atoms with van der Waals surface area (Å²) in [5.41, 5.74) is 27.1.